The van der Waals surface area contributed by atoms with Crippen LogP contribution >= 0.6 is 0 Å². The number of nitrogens with one attached hydrogen (secondary N) is 2. The Morgan fingerprint density at radius 2 is 1.96 bits per heavy atom. The standard InChI is InChI=1S/C19H20N4O4/c24-18-9-15(13-22(18)12-14-5-2-1-3-6-14)11-20-19(25)21-16-7-4-8-17(10-16)23(26)27/h1-8,10,15H,9,11-13H2,(H2,20,21,25)/t15-/m1/s1. The monoisotopic (exact) mass is 368 g/mol. The topological polar surface area (TPSA) is 105 Å². The average Bonchev–Trinajstić information content (AvgIpc) is 3.00. The summed E-state index contributed by atoms with van der Waals surface area (Å²) in [5.74, 6) is 0.113. The van der Waals surface area contributed by atoms with Crippen molar-refractivity contribution in [2.45, 2.75) is 13.0 Å². The van der Waals surface area contributed by atoms with E-state index in [0.29, 0.717) is 31.7 Å². The summed E-state index contributed by atoms with van der Waals surface area (Å²) in [6.07, 6.45) is 0.393. The number of urea groups is 1. The highest BCUT2D eigenvalue weighted by atomic mass is 16.6. The number of nitro benzene ring substituents is 1. The zero-order valence-electron chi connectivity index (χ0n) is 14.6. The largest absolute Gasteiger partial charge is 0.338 e. The van der Waals surface area contributed by atoms with Crippen LogP contribution in [0.5, 0.6) is 0 Å². The van der Waals surface area contributed by atoms with E-state index in [-0.39, 0.29) is 17.5 Å². The Kier molecular flexibility index (Phi) is 5.65. The molecular formula is C19H20N4O4. The molecule has 0 aliphatic carbocycles. The summed E-state index contributed by atoms with van der Waals surface area (Å²) in [7, 11) is 0. The van der Waals surface area contributed by atoms with E-state index in [2.05, 4.69) is 10.6 Å². The van der Waals surface area contributed by atoms with Crippen LogP contribution in [0, 0.1) is 16.0 Å². The third-order valence-corrected chi connectivity index (χ3v) is 4.38. The quantitative estimate of drug-likeness (QED) is 0.604. The third-order valence-electron chi connectivity index (χ3n) is 4.38. The number of rotatable bonds is 6. The molecule has 2 N–H and O–H groups in total. The molecule has 140 valence electrons. The molecule has 0 spiro atoms. The minimum absolute atomic E-state index is 0.0390. The molecule has 2 aromatic rings. The predicted octanol–water partition coefficient (Wildman–Crippen LogP) is 2.77. The van der Waals surface area contributed by atoms with Crippen LogP contribution in [-0.2, 0) is 11.3 Å². The molecule has 3 rings (SSSR count). The van der Waals surface area contributed by atoms with Gasteiger partial charge in [-0.15, -0.1) is 0 Å². The number of anilines is 1. The van der Waals surface area contributed by atoms with E-state index in [0.717, 1.165) is 5.56 Å². The minimum atomic E-state index is -0.519. The molecule has 0 bridgehead atoms. The van der Waals surface area contributed by atoms with Crippen molar-refractivity contribution in [3.05, 3.63) is 70.3 Å². The summed E-state index contributed by atoms with van der Waals surface area (Å²) in [5.41, 5.74) is 1.32. The molecule has 1 saturated heterocycles. The summed E-state index contributed by atoms with van der Waals surface area (Å²) in [4.78, 5) is 36.2. The second-order valence-electron chi connectivity index (χ2n) is 6.47. The highest BCUT2D eigenvalue weighted by Crippen LogP contribution is 2.20. The lowest BCUT2D eigenvalue weighted by molar-refractivity contribution is -0.384. The summed E-state index contributed by atoms with van der Waals surface area (Å²) in [6, 6.07) is 15.0. The van der Waals surface area contributed by atoms with Crippen LogP contribution in [0.3, 0.4) is 0 Å². The number of non-ortho nitro benzene ring substituents is 1. The fourth-order valence-electron chi connectivity index (χ4n) is 3.06. The molecule has 1 heterocycles. The van der Waals surface area contributed by atoms with Crippen LogP contribution in [0.2, 0.25) is 0 Å². The van der Waals surface area contributed by atoms with Crippen LogP contribution in [0.15, 0.2) is 54.6 Å². The zero-order chi connectivity index (χ0) is 19.2. The van der Waals surface area contributed by atoms with Gasteiger partial charge in [-0.2, -0.15) is 0 Å². The van der Waals surface area contributed by atoms with Crippen molar-refractivity contribution in [3.8, 4) is 0 Å². The molecule has 1 fully saturated rings. The minimum Gasteiger partial charge on any atom is -0.338 e. The van der Waals surface area contributed by atoms with Crippen LogP contribution < -0.4 is 10.6 Å². The normalized spacial score (nSPS) is 16.2. The maximum atomic E-state index is 12.2. The maximum absolute atomic E-state index is 12.2. The second kappa shape index (κ2) is 8.31. The highest BCUT2D eigenvalue weighted by molar-refractivity contribution is 5.89. The molecule has 0 aromatic heterocycles. The summed E-state index contributed by atoms with van der Waals surface area (Å²) >= 11 is 0. The first-order valence-corrected chi connectivity index (χ1v) is 8.62. The number of likely N-dealkylation sites (tertiary alicyclic amines) is 1. The number of nitrogens with zero attached hydrogens (tertiary/aromatic N) is 2. The number of benzene rings is 2. The Bertz CT molecular complexity index is 841. The van der Waals surface area contributed by atoms with E-state index in [9.17, 15) is 19.7 Å². The first-order chi connectivity index (χ1) is 13.0. The lowest BCUT2D eigenvalue weighted by atomic mass is 10.1. The molecule has 1 aliphatic heterocycles. The molecule has 0 unspecified atom stereocenters. The average molecular weight is 368 g/mol. The highest BCUT2D eigenvalue weighted by Gasteiger charge is 2.29. The van der Waals surface area contributed by atoms with Gasteiger partial charge in [0.05, 0.1) is 4.92 Å². The van der Waals surface area contributed by atoms with Gasteiger partial charge in [0.2, 0.25) is 5.91 Å². The zero-order valence-corrected chi connectivity index (χ0v) is 14.6. The Morgan fingerprint density at radius 1 is 1.19 bits per heavy atom. The van der Waals surface area contributed by atoms with Crippen molar-refractivity contribution in [3.63, 3.8) is 0 Å². The molecule has 0 saturated carbocycles. The van der Waals surface area contributed by atoms with Gasteiger partial charge < -0.3 is 15.5 Å². The number of carbonyl (C=O) groups excluding carboxylic acids is 2. The molecule has 27 heavy (non-hydrogen) atoms. The van der Waals surface area contributed by atoms with Crippen molar-refractivity contribution in [1.82, 2.24) is 10.2 Å². The molecule has 3 amide bonds. The Hall–Kier alpha value is -3.42. The van der Waals surface area contributed by atoms with Gasteiger partial charge in [0, 0.05) is 49.8 Å². The summed E-state index contributed by atoms with van der Waals surface area (Å²) < 4.78 is 0. The third kappa shape index (κ3) is 5.04. The van der Waals surface area contributed by atoms with Gasteiger partial charge in [-0.25, -0.2) is 4.79 Å². The maximum Gasteiger partial charge on any atom is 0.319 e. The van der Waals surface area contributed by atoms with E-state index in [1.807, 2.05) is 30.3 Å². The first-order valence-electron chi connectivity index (χ1n) is 8.62. The lowest BCUT2D eigenvalue weighted by Gasteiger charge is -2.17. The number of hydrogen-bond donors (Lipinski definition) is 2. The second-order valence-corrected chi connectivity index (χ2v) is 6.47. The van der Waals surface area contributed by atoms with Gasteiger partial charge >= 0.3 is 6.03 Å². The van der Waals surface area contributed by atoms with Crippen molar-refractivity contribution < 1.29 is 14.5 Å². The van der Waals surface area contributed by atoms with Crippen LogP contribution in [0.4, 0.5) is 16.2 Å². The fourth-order valence-corrected chi connectivity index (χ4v) is 3.06. The van der Waals surface area contributed by atoms with Gasteiger partial charge in [-0.3, -0.25) is 14.9 Å². The Morgan fingerprint density at radius 3 is 2.70 bits per heavy atom. The molecule has 2 aromatic carbocycles. The van der Waals surface area contributed by atoms with E-state index in [1.54, 1.807) is 11.0 Å². The van der Waals surface area contributed by atoms with Crippen molar-refractivity contribution in [1.29, 1.82) is 0 Å². The summed E-state index contributed by atoms with van der Waals surface area (Å²) in [5, 5.41) is 16.1. The summed E-state index contributed by atoms with van der Waals surface area (Å²) in [6.45, 7) is 1.51. The van der Waals surface area contributed by atoms with E-state index >= 15 is 0 Å². The van der Waals surface area contributed by atoms with Gasteiger partial charge in [-0.05, 0) is 11.6 Å². The number of hydrogen-bond acceptors (Lipinski definition) is 4. The molecular weight excluding hydrogens is 348 g/mol. The van der Waals surface area contributed by atoms with Gasteiger partial charge in [0.25, 0.3) is 5.69 Å². The lowest BCUT2D eigenvalue weighted by Crippen LogP contribution is -2.34. The first kappa shape index (κ1) is 18.4. The molecule has 8 heteroatoms. The van der Waals surface area contributed by atoms with Gasteiger partial charge in [-0.1, -0.05) is 36.4 Å². The van der Waals surface area contributed by atoms with Gasteiger partial charge in [0.15, 0.2) is 0 Å². The van der Waals surface area contributed by atoms with Crippen molar-refractivity contribution in [2.75, 3.05) is 18.4 Å². The van der Waals surface area contributed by atoms with E-state index in [4.69, 9.17) is 0 Å². The van der Waals surface area contributed by atoms with Gasteiger partial charge in [0.1, 0.15) is 0 Å². The molecule has 1 aliphatic rings. The smallest absolute Gasteiger partial charge is 0.319 e. The van der Waals surface area contributed by atoms with E-state index < -0.39 is 11.0 Å². The van der Waals surface area contributed by atoms with Crippen LogP contribution in [0.1, 0.15) is 12.0 Å². The van der Waals surface area contributed by atoms with Crippen molar-refractivity contribution >= 4 is 23.3 Å². The molecule has 0 radical (unpaired) electrons. The fraction of sp³-hybridized carbons (Fsp3) is 0.263. The number of carbonyl (C=O) groups is 2. The Labute approximate surface area is 156 Å². The number of nitro groups is 1. The molecule has 8 nitrogen and oxygen atoms in total. The number of amides is 3. The van der Waals surface area contributed by atoms with Crippen LogP contribution in [0.25, 0.3) is 0 Å². The predicted molar refractivity (Wildman–Crippen MR) is 100 cm³/mol. The van der Waals surface area contributed by atoms with Crippen LogP contribution in [-0.4, -0.2) is 34.9 Å². The van der Waals surface area contributed by atoms with Crippen molar-refractivity contribution in [2.24, 2.45) is 5.92 Å². The molecule has 1 atom stereocenters. The Balaban J connectivity index is 1.47. The SMILES string of the molecule is O=C(NC[C@H]1CC(=O)N(Cc2ccccc2)C1)Nc1cccc([N+](=O)[O-])c1. The van der Waals surface area contributed by atoms with E-state index in [1.165, 1.54) is 18.2 Å².